The highest BCUT2D eigenvalue weighted by Crippen LogP contribution is 2.14. The normalized spacial score (nSPS) is 16.3. The van der Waals surface area contributed by atoms with Crippen molar-refractivity contribution in [2.75, 3.05) is 19.6 Å². The lowest BCUT2D eigenvalue weighted by molar-refractivity contribution is -0.125. The highest BCUT2D eigenvalue weighted by molar-refractivity contribution is 5.78. The summed E-state index contributed by atoms with van der Waals surface area (Å²) in [5.41, 5.74) is 4.00. The summed E-state index contributed by atoms with van der Waals surface area (Å²) in [6, 6.07) is 6.36. The number of nitrogens with one attached hydrogen (secondary N) is 2. The van der Waals surface area contributed by atoms with E-state index in [0.29, 0.717) is 0 Å². The number of hydrogen-bond donors (Lipinski definition) is 2. The van der Waals surface area contributed by atoms with Crippen molar-refractivity contribution in [3.63, 3.8) is 0 Å². The lowest BCUT2D eigenvalue weighted by Crippen LogP contribution is -2.38. The van der Waals surface area contributed by atoms with E-state index in [9.17, 15) is 4.79 Å². The number of carbonyl (C=O) groups is 1. The first kappa shape index (κ1) is 14.1. The third-order valence-electron chi connectivity index (χ3n) is 4.03. The Balaban J connectivity index is 1.81. The Morgan fingerprint density at radius 3 is 2.53 bits per heavy atom. The molecule has 1 aliphatic rings. The molecule has 1 amide bonds. The van der Waals surface area contributed by atoms with Gasteiger partial charge in [-0.15, -0.1) is 0 Å². The molecule has 1 aromatic carbocycles. The highest BCUT2D eigenvalue weighted by Gasteiger charge is 2.20. The van der Waals surface area contributed by atoms with Gasteiger partial charge in [0.15, 0.2) is 0 Å². The van der Waals surface area contributed by atoms with Crippen molar-refractivity contribution in [3.8, 4) is 0 Å². The van der Waals surface area contributed by atoms with Gasteiger partial charge < -0.3 is 10.6 Å². The van der Waals surface area contributed by atoms with E-state index in [2.05, 4.69) is 42.7 Å². The Hall–Kier alpha value is -1.35. The van der Waals surface area contributed by atoms with E-state index < -0.39 is 0 Å². The molecule has 1 aromatic rings. The minimum atomic E-state index is 0.208. The quantitative estimate of drug-likeness (QED) is 0.869. The number of rotatable bonds is 4. The van der Waals surface area contributed by atoms with Crippen LogP contribution in [0.2, 0.25) is 0 Å². The van der Waals surface area contributed by atoms with Gasteiger partial charge in [0.2, 0.25) is 5.91 Å². The van der Waals surface area contributed by atoms with Gasteiger partial charge in [0.05, 0.1) is 0 Å². The summed E-state index contributed by atoms with van der Waals surface area (Å²) in [6.45, 7) is 6.95. The van der Waals surface area contributed by atoms with Crippen LogP contribution in [-0.2, 0) is 11.2 Å². The van der Waals surface area contributed by atoms with Crippen molar-refractivity contribution < 1.29 is 4.79 Å². The molecule has 0 radical (unpaired) electrons. The summed E-state index contributed by atoms with van der Waals surface area (Å²) in [4.78, 5) is 12.0. The number of amides is 1. The molecule has 1 fully saturated rings. The van der Waals surface area contributed by atoms with Crippen LogP contribution in [-0.4, -0.2) is 25.5 Å². The van der Waals surface area contributed by atoms with Gasteiger partial charge in [-0.1, -0.05) is 18.2 Å². The van der Waals surface area contributed by atoms with Gasteiger partial charge in [0.25, 0.3) is 0 Å². The van der Waals surface area contributed by atoms with Gasteiger partial charge in [-0.2, -0.15) is 0 Å². The van der Waals surface area contributed by atoms with E-state index in [-0.39, 0.29) is 11.8 Å². The molecule has 104 valence electrons. The zero-order chi connectivity index (χ0) is 13.7. The molecule has 0 atom stereocenters. The number of carbonyl (C=O) groups excluding carboxylic acids is 1. The molecule has 3 nitrogen and oxygen atoms in total. The fraction of sp³-hybridized carbons (Fsp3) is 0.562. The molecule has 2 rings (SSSR count). The topological polar surface area (TPSA) is 41.1 Å². The molecular formula is C16H24N2O. The third kappa shape index (κ3) is 3.80. The predicted octanol–water partition coefficient (Wildman–Crippen LogP) is 1.96. The average molecular weight is 260 g/mol. The predicted molar refractivity (Wildman–Crippen MR) is 78.2 cm³/mol. The van der Waals surface area contributed by atoms with Crippen molar-refractivity contribution in [2.45, 2.75) is 33.1 Å². The second kappa shape index (κ2) is 6.71. The fourth-order valence-electron chi connectivity index (χ4n) is 2.78. The Morgan fingerprint density at radius 2 is 1.89 bits per heavy atom. The van der Waals surface area contributed by atoms with E-state index in [0.717, 1.165) is 38.9 Å². The molecular weight excluding hydrogens is 236 g/mol. The number of piperidine rings is 1. The molecule has 0 spiro atoms. The number of benzene rings is 1. The van der Waals surface area contributed by atoms with Crippen molar-refractivity contribution in [3.05, 3.63) is 34.9 Å². The van der Waals surface area contributed by atoms with E-state index in [1.54, 1.807) is 0 Å². The smallest absolute Gasteiger partial charge is 0.223 e. The molecule has 1 aliphatic heterocycles. The van der Waals surface area contributed by atoms with Crippen LogP contribution >= 0.6 is 0 Å². The number of hydrogen-bond acceptors (Lipinski definition) is 2. The number of aryl methyl sites for hydroxylation is 2. The first-order valence-electron chi connectivity index (χ1n) is 7.22. The fourth-order valence-corrected chi connectivity index (χ4v) is 2.78. The lowest BCUT2D eigenvalue weighted by Gasteiger charge is -2.22. The van der Waals surface area contributed by atoms with Crippen LogP contribution in [0.5, 0.6) is 0 Å². The third-order valence-corrected chi connectivity index (χ3v) is 4.03. The van der Waals surface area contributed by atoms with Crippen molar-refractivity contribution in [1.82, 2.24) is 10.6 Å². The zero-order valence-electron chi connectivity index (χ0n) is 12.0. The summed E-state index contributed by atoms with van der Waals surface area (Å²) < 4.78 is 0. The van der Waals surface area contributed by atoms with Crippen LogP contribution in [0.3, 0.4) is 0 Å². The van der Waals surface area contributed by atoms with Gasteiger partial charge >= 0.3 is 0 Å². The molecule has 2 N–H and O–H groups in total. The maximum absolute atomic E-state index is 12.0. The summed E-state index contributed by atoms with van der Waals surface area (Å²) in [5.74, 6) is 0.437. The molecule has 0 aliphatic carbocycles. The molecule has 0 bridgehead atoms. The standard InChI is InChI=1S/C16H24N2O/c1-12-4-3-5-13(2)15(12)8-11-18-16(19)14-6-9-17-10-7-14/h3-5,14,17H,6-11H2,1-2H3,(H,18,19). The van der Waals surface area contributed by atoms with Crippen molar-refractivity contribution in [2.24, 2.45) is 5.92 Å². The summed E-state index contributed by atoms with van der Waals surface area (Å²) in [6.07, 6.45) is 2.86. The van der Waals surface area contributed by atoms with Gasteiger partial charge in [-0.05, 0) is 62.9 Å². The highest BCUT2D eigenvalue weighted by atomic mass is 16.1. The van der Waals surface area contributed by atoms with Crippen LogP contribution in [0.4, 0.5) is 0 Å². The Kier molecular flexibility index (Phi) is 4.97. The molecule has 0 aromatic heterocycles. The first-order chi connectivity index (χ1) is 9.18. The van der Waals surface area contributed by atoms with E-state index in [1.807, 2.05) is 0 Å². The van der Waals surface area contributed by atoms with E-state index >= 15 is 0 Å². The lowest BCUT2D eigenvalue weighted by atomic mass is 9.97. The van der Waals surface area contributed by atoms with Gasteiger partial charge in [0, 0.05) is 12.5 Å². The van der Waals surface area contributed by atoms with E-state index in [1.165, 1.54) is 16.7 Å². The second-order valence-corrected chi connectivity index (χ2v) is 5.44. The molecule has 1 heterocycles. The molecule has 3 heteroatoms. The maximum atomic E-state index is 12.0. The monoisotopic (exact) mass is 260 g/mol. The van der Waals surface area contributed by atoms with Crippen molar-refractivity contribution in [1.29, 1.82) is 0 Å². The van der Waals surface area contributed by atoms with Gasteiger partial charge in [-0.25, -0.2) is 0 Å². The Morgan fingerprint density at radius 1 is 1.26 bits per heavy atom. The Labute approximate surface area is 115 Å². The first-order valence-corrected chi connectivity index (χ1v) is 7.22. The second-order valence-electron chi connectivity index (χ2n) is 5.44. The molecule has 19 heavy (non-hydrogen) atoms. The van der Waals surface area contributed by atoms with Crippen LogP contribution < -0.4 is 10.6 Å². The average Bonchev–Trinajstić information content (AvgIpc) is 2.43. The van der Waals surface area contributed by atoms with Gasteiger partial charge in [0.1, 0.15) is 0 Å². The minimum absolute atomic E-state index is 0.208. The van der Waals surface area contributed by atoms with Crippen molar-refractivity contribution >= 4 is 5.91 Å². The van der Waals surface area contributed by atoms with Crippen LogP contribution in [0.1, 0.15) is 29.5 Å². The summed E-state index contributed by atoms with van der Waals surface area (Å²) in [5, 5.41) is 6.38. The SMILES string of the molecule is Cc1cccc(C)c1CCNC(=O)C1CCNCC1. The van der Waals surface area contributed by atoms with Gasteiger partial charge in [-0.3, -0.25) is 4.79 Å². The minimum Gasteiger partial charge on any atom is -0.356 e. The molecule has 0 saturated carbocycles. The summed E-state index contributed by atoms with van der Waals surface area (Å²) >= 11 is 0. The Bertz CT molecular complexity index is 416. The zero-order valence-corrected chi connectivity index (χ0v) is 12.0. The molecule has 0 unspecified atom stereocenters. The van der Waals surface area contributed by atoms with Crippen LogP contribution in [0.15, 0.2) is 18.2 Å². The summed E-state index contributed by atoms with van der Waals surface area (Å²) in [7, 11) is 0. The maximum Gasteiger partial charge on any atom is 0.223 e. The van der Waals surface area contributed by atoms with Crippen LogP contribution in [0, 0.1) is 19.8 Å². The largest absolute Gasteiger partial charge is 0.356 e. The van der Waals surface area contributed by atoms with E-state index in [4.69, 9.17) is 0 Å². The molecule has 1 saturated heterocycles. The van der Waals surface area contributed by atoms with Crippen LogP contribution in [0.25, 0.3) is 0 Å².